The summed E-state index contributed by atoms with van der Waals surface area (Å²) in [7, 11) is 0. The van der Waals surface area contributed by atoms with E-state index in [1.54, 1.807) is 5.01 Å². The van der Waals surface area contributed by atoms with Crippen LogP contribution < -0.4 is 0 Å². The summed E-state index contributed by atoms with van der Waals surface area (Å²) >= 11 is 1.45. The highest BCUT2D eigenvalue weighted by molar-refractivity contribution is 7.99. The molecule has 41 heavy (non-hydrogen) atoms. The number of rotatable bonds is 5. The maximum atomic E-state index is 13.9. The Hall–Kier alpha value is -4.93. The van der Waals surface area contributed by atoms with Crippen molar-refractivity contribution >= 4 is 50.8 Å². The molecule has 1 aliphatic heterocycles. The van der Waals surface area contributed by atoms with E-state index in [9.17, 15) is 10.1 Å². The van der Waals surface area contributed by atoms with Crippen LogP contribution >= 0.6 is 11.8 Å². The van der Waals surface area contributed by atoms with Crippen LogP contribution in [0.5, 0.6) is 0 Å². The van der Waals surface area contributed by atoms with Crippen molar-refractivity contribution in [2.45, 2.75) is 24.4 Å². The Bertz CT molecular complexity index is 2040. The van der Waals surface area contributed by atoms with Gasteiger partial charge < -0.3 is 0 Å². The van der Waals surface area contributed by atoms with Crippen LogP contribution in [0.25, 0.3) is 27.5 Å². The molecule has 7 rings (SSSR count). The number of hydrazone groups is 1. The fraction of sp³-hybridized carbons (Fsp3) is 0.118. The number of hydrogen-bond acceptors (Lipinski definition) is 5. The van der Waals surface area contributed by atoms with Gasteiger partial charge in [-0.1, -0.05) is 90.6 Å². The SMILES string of the molecule is Cc1cc(SCC(=O)N2N=C(c3ccc4ccccc4c3)C[C@@H]2c2ccccc2)n2c(nc3ccccc32)c1C#N. The van der Waals surface area contributed by atoms with Crippen molar-refractivity contribution in [3.63, 3.8) is 0 Å². The number of benzene rings is 4. The second-order valence-corrected chi connectivity index (χ2v) is 11.2. The number of hydrogen-bond donors (Lipinski definition) is 0. The summed E-state index contributed by atoms with van der Waals surface area (Å²) in [5.74, 6) is 0.129. The predicted molar refractivity (Wildman–Crippen MR) is 164 cm³/mol. The van der Waals surface area contributed by atoms with Gasteiger partial charge in [-0.15, -0.1) is 0 Å². The highest BCUT2D eigenvalue weighted by Gasteiger charge is 2.33. The van der Waals surface area contributed by atoms with Crippen molar-refractivity contribution in [1.29, 1.82) is 5.26 Å². The Morgan fingerprint density at radius 3 is 2.54 bits per heavy atom. The molecular weight excluding hydrogens is 526 g/mol. The lowest BCUT2D eigenvalue weighted by Gasteiger charge is -2.22. The fourth-order valence-electron chi connectivity index (χ4n) is 5.58. The van der Waals surface area contributed by atoms with Gasteiger partial charge in [-0.3, -0.25) is 9.20 Å². The number of amides is 1. The van der Waals surface area contributed by atoms with E-state index in [4.69, 9.17) is 10.1 Å². The Kier molecular flexibility index (Phi) is 6.26. The van der Waals surface area contributed by atoms with Gasteiger partial charge in [0.15, 0.2) is 5.65 Å². The molecule has 0 fully saturated rings. The van der Waals surface area contributed by atoms with E-state index < -0.39 is 0 Å². The third-order valence-electron chi connectivity index (χ3n) is 7.63. The molecule has 0 saturated heterocycles. The first-order valence-corrected chi connectivity index (χ1v) is 14.5. The third kappa shape index (κ3) is 4.43. The summed E-state index contributed by atoms with van der Waals surface area (Å²) in [6.45, 7) is 1.91. The topological polar surface area (TPSA) is 73.8 Å². The highest BCUT2D eigenvalue weighted by atomic mass is 32.2. The molecule has 0 saturated carbocycles. The van der Waals surface area contributed by atoms with E-state index in [1.807, 2.05) is 72.0 Å². The van der Waals surface area contributed by atoms with Gasteiger partial charge in [-0.25, -0.2) is 9.99 Å². The largest absolute Gasteiger partial charge is 0.286 e. The summed E-state index contributed by atoms with van der Waals surface area (Å²) in [6.07, 6.45) is 0.644. The minimum atomic E-state index is -0.178. The van der Waals surface area contributed by atoms with Crippen molar-refractivity contribution in [3.05, 3.63) is 125 Å². The molecule has 0 aliphatic carbocycles. The van der Waals surface area contributed by atoms with Crippen LogP contribution in [-0.4, -0.2) is 31.8 Å². The van der Waals surface area contributed by atoms with Crippen LogP contribution in [0.3, 0.4) is 0 Å². The number of para-hydroxylation sites is 2. The normalized spacial score (nSPS) is 15.0. The highest BCUT2D eigenvalue weighted by Crippen LogP contribution is 2.35. The first-order valence-electron chi connectivity index (χ1n) is 13.5. The second-order valence-electron chi connectivity index (χ2n) is 10.2. The van der Waals surface area contributed by atoms with E-state index in [0.717, 1.165) is 43.8 Å². The van der Waals surface area contributed by atoms with E-state index in [-0.39, 0.29) is 17.7 Å². The summed E-state index contributed by atoms with van der Waals surface area (Å²) < 4.78 is 1.99. The molecule has 1 atom stereocenters. The standard InChI is InChI=1S/C34H25N5OS/c1-22-17-33(38-30-14-8-7-13-28(30)36-34(38)27(22)20-35)41-21-32(40)39-31(24-10-3-2-4-11-24)19-29(37-39)26-16-15-23-9-5-6-12-25(23)18-26/h2-18,31H,19,21H2,1H3/t31-/m1/s1. The Morgan fingerprint density at radius 2 is 1.71 bits per heavy atom. The molecule has 1 aliphatic rings. The Labute approximate surface area is 241 Å². The van der Waals surface area contributed by atoms with Gasteiger partial charge in [0, 0.05) is 6.42 Å². The minimum absolute atomic E-state index is 0.0702. The number of imidazole rings is 1. The molecule has 0 radical (unpaired) electrons. The van der Waals surface area contributed by atoms with Gasteiger partial charge in [0.2, 0.25) is 0 Å². The monoisotopic (exact) mass is 551 g/mol. The smallest absolute Gasteiger partial charge is 0.253 e. The van der Waals surface area contributed by atoms with E-state index >= 15 is 0 Å². The van der Waals surface area contributed by atoms with Gasteiger partial charge in [-0.05, 0) is 58.7 Å². The quantitative estimate of drug-likeness (QED) is 0.211. The van der Waals surface area contributed by atoms with Gasteiger partial charge in [0.25, 0.3) is 5.91 Å². The van der Waals surface area contributed by atoms with Crippen LogP contribution in [0.1, 0.15) is 34.7 Å². The van der Waals surface area contributed by atoms with E-state index in [0.29, 0.717) is 17.6 Å². The van der Waals surface area contributed by atoms with E-state index in [1.165, 1.54) is 17.1 Å². The Balaban J connectivity index is 1.23. The van der Waals surface area contributed by atoms with Gasteiger partial charge >= 0.3 is 0 Å². The molecule has 3 heterocycles. The fourth-order valence-corrected chi connectivity index (χ4v) is 6.56. The summed E-state index contributed by atoms with van der Waals surface area (Å²) in [6, 6.07) is 36.6. The molecule has 0 bridgehead atoms. The number of aromatic nitrogens is 2. The van der Waals surface area contributed by atoms with Crippen LogP contribution in [0.15, 0.2) is 113 Å². The number of carbonyl (C=O) groups is 1. The number of fused-ring (bicyclic) bond motifs is 4. The molecule has 6 nitrogen and oxygen atoms in total. The summed E-state index contributed by atoms with van der Waals surface area (Å²) in [4.78, 5) is 18.6. The average Bonchev–Trinajstić information content (AvgIpc) is 3.63. The van der Waals surface area contributed by atoms with Crippen LogP contribution in [0.2, 0.25) is 0 Å². The van der Waals surface area contributed by atoms with Crippen molar-refractivity contribution in [2.75, 3.05) is 5.75 Å². The lowest BCUT2D eigenvalue weighted by Crippen LogP contribution is -2.28. The number of nitrogens with zero attached hydrogens (tertiary/aromatic N) is 5. The predicted octanol–water partition coefficient (Wildman–Crippen LogP) is 7.29. The average molecular weight is 552 g/mol. The molecule has 6 aromatic rings. The number of nitriles is 1. The Morgan fingerprint density at radius 1 is 0.951 bits per heavy atom. The van der Waals surface area contributed by atoms with Crippen molar-refractivity contribution in [3.8, 4) is 6.07 Å². The number of carbonyl (C=O) groups excluding carboxylic acids is 1. The molecular formula is C34H25N5OS. The third-order valence-corrected chi connectivity index (χ3v) is 8.61. The zero-order valence-electron chi connectivity index (χ0n) is 22.4. The first-order chi connectivity index (χ1) is 20.1. The van der Waals surface area contributed by atoms with Gasteiger partial charge in [0.05, 0.1) is 39.1 Å². The van der Waals surface area contributed by atoms with Crippen molar-refractivity contribution < 1.29 is 4.79 Å². The lowest BCUT2D eigenvalue weighted by molar-refractivity contribution is -0.130. The first kappa shape index (κ1) is 25.1. The van der Waals surface area contributed by atoms with E-state index in [2.05, 4.69) is 48.5 Å². The minimum Gasteiger partial charge on any atom is -0.286 e. The van der Waals surface area contributed by atoms with Crippen molar-refractivity contribution in [2.24, 2.45) is 5.10 Å². The molecule has 198 valence electrons. The molecule has 7 heteroatoms. The van der Waals surface area contributed by atoms with Crippen molar-refractivity contribution in [1.82, 2.24) is 14.4 Å². The zero-order valence-corrected chi connectivity index (χ0v) is 23.2. The number of thioether (sulfide) groups is 1. The molecule has 1 amide bonds. The maximum absolute atomic E-state index is 13.9. The molecule has 2 aromatic heterocycles. The molecule has 4 aromatic carbocycles. The zero-order chi connectivity index (χ0) is 27.9. The number of aryl methyl sites for hydroxylation is 1. The summed E-state index contributed by atoms with van der Waals surface area (Å²) in [5, 5.41) is 19.6. The van der Waals surface area contributed by atoms with Gasteiger partial charge in [0.1, 0.15) is 6.07 Å². The van der Waals surface area contributed by atoms with Gasteiger partial charge in [-0.2, -0.15) is 10.4 Å². The summed E-state index contributed by atoms with van der Waals surface area (Å²) in [5.41, 5.74) is 6.72. The molecule has 0 unspecified atom stereocenters. The molecule has 0 spiro atoms. The van der Waals surface area contributed by atoms with Crippen LogP contribution in [0.4, 0.5) is 0 Å². The number of pyridine rings is 1. The lowest BCUT2D eigenvalue weighted by atomic mass is 9.97. The second kappa shape index (κ2) is 10.2. The maximum Gasteiger partial charge on any atom is 0.253 e. The molecule has 0 N–H and O–H groups in total. The van der Waals surface area contributed by atoms with Crippen LogP contribution in [0, 0.1) is 18.3 Å². The van der Waals surface area contributed by atoms with Crippen LogP contribution in [-0.2, 0) is 4.79 Å².